The molecular weight excluding hydrogens is 460 g/mol. The summed E-state index contributed by atoms with van der Waals surface area (Å²) < 4.78 is 0. The van der Waals surface area contributed by atoms with Gasteiger partial charge in [0.25, 0.3) is 0 Å². The Bertz CT molecular complexity index is 1470. The Morgan fingerprint density at radius 1 is 0.316 bits per heavy atom. The Morgan fingerprint density at radius 3 is 1.00 bits per heavy atom. The molecule has 2 nitrogen and oxygen atoms in total. The van der Waals surface area contributed by atoms with Crippen LogP contribution in [-0.4, -0.2) is 0 Å². The molecule has 5 aromatic rings. The van der Waals surface area contributed by atoms with E-state index in [9.17, 15) is 0 Å². The lowest BCUT2D eigenvalue weighted by molar-refractivity contribution is 1.34. The smallest absolute Gasteiger partial charge is 0.0387 e. The van der Waals surface area contributed by atoms with Crippen LogP contribution in [0.4, 0.5) is 22.7 Å². The van der Waals surface area contributed by atoms with Gasteiger partial charge in [0.15, 0.2) is 0 Å². The van der Waals surface area contributed by atoms with Crippen molar-refractivity contribution in [3.63, 3.8) is 0 Å². The predicted octanol–water partition coefficient (Wildman–Crippen LogP) is 10.4. The topological polar surface area (TPSA) is 24.1 Å². The molecule has 0 unspecified atom stereocenters. The van der Waals surface area contributed by atoms with Crippen LogP contribution in [0.3, 0.4) is 0 Å². The van der Waals surface area contributed by atoms with Crippen molar-refractivity contribution >= 4 is 22.7 Å². The lowest BCUT2D eigenvalue weighted by atomic mass is 9.92. The number of anilines is 4. The molecule has 0 bridgehead atoms. The van der Waals surface area contributed by atoms with E-state index in [1.54, 1.807) is 0 Å². The molecule has 0 spiro atoms. The van der Waals surface area contributed by atoms with Gasteiger partial charge in [-0.05, 0) is 146 Å². The van der Waals surface area contributed by atoms with Crippen LogP contribution < -0.4 is 10.6 Å². The molecule has 0 aromatic heterocycles. The molecule has 0 saturated heterocycles. The van der Waals surface area contributed by atoms with E-state index in [4.69, 9.17) is 0 Å². The van der Waals surface area contributed by atoms with E-state index in [2.05, 4.69) is 149 Å². The zero-order chi connectivity index (χ0) is 26.8. The summed E-state index contributed by atoms with van der Waals surface area (Å²) >= 11 is 0. The van der Waals surface area contributed by atoms with Crippen molar-refractivity contribution in [3.05, 3.63) is 130 Å². The largest absolute Gasteiger partial charge is 0.356 e. The Kier molecular flexibility index (Phi) is 7.07. The third kappa shape index (κ3) is 5.50. The lowest BCUT2D eigenvalue weighted by Crippen LogP contribution is -1.94. The van der Waals surface area contributed by atoms with Gasteiger partial charge in [0.2, 0.25) is 0 Å². The molecule has 0 heterocycles. The van der Waals surface area contributed by atoms with Crippen molar-refractivity contribution in [1.29, 1.82) is 0 Å². The molecule has 2 N–H and O–H groups in total. The van der Waals surface area contributed by atoms with Crippen LogP contribution in [0.1, 0.15) is 33.4 Å². The molecule has 5 aromatic carbocycles. The zero-order valence-electron chi connectivity index (χ0n) is 23.2. The molecule has 38 heavy (non-hydrogen) atoms. The van der Waals surface area contributed by atoms with E-state index in [-0.39, 0.29) is 0 Å². The summed E-state index contributed by atoms with van der Waals surface area (Å²) in [6, 6.07) is 35.1. The van der Waals surface area contributed by atoms with Gasteiger partial charge in [0, 0.05) is 22.7 Å². The number of hydrogen-bond donors (Lipinski definition) is 2. The fourth-order valence-corrected chi connectivity index (χ4v) is 4.88. The van der Waals surface area contributed by atoms with Gasteiger partial charge in [-0.25, -0.2) is 0 Å². The van der Waals surface area contributed by atoms with E-state index in [0.717, 1.165) is 22.7 Å². The molecule has 0 aliphatic carbocycles. The minimum atomic E-state index is 1.09. The zero-order valence-corrected chi connectivity index (χ0v) is 23.2. The Morgan fingerprint density at radius 2 is 0.658 bits per heavy atom. The second-order valence-electron chi connectivity index (χ2n) is 10.5. The van der Waals surface area contributed by atoms with E-state index < -0.39 is 0 Å². The summed E-state index contributed by atoms with van der Waals surface area (Å²) in [6.07, 6.45) is 0. The Labute approximate surface area is 227 Å². The van der Waals surface area contributed by atoms with Crippen LogP contribution in [0.2, 0.25) is 0 Å². The molecule has 0 aliphatic rings. The monoisotopic (exact) mass is 496 g/mol. The fraction of sp³-hybridized carbons (Fsp3) is 0.167. The van der Waals surface area contributed by atoms with E-state index in [1.165, 1.54) is 55.6 Å². The highest BCUT2D eigenvalue weighted by Crippen LogP contribution is 2.33. The summed E-state index contributed by atoms with van der Waals surface area (Å²) in [5, 5.41) is 7.05. The highest BCUT2D eigenvalue weighted by atomic mass is 14.9. The molecule has 0 fully saturated rings. The third-order valence-corrected chi connectivity index (χ3v) is 7.55. The van der Waals surface area contributed by atoms with Crippen molar-refractivity contribution in [1.82, 2.24) is 0 Å². The molecule has 0 atom stereocenters. The first-order valence-corrected chi connectivity index (χ1v) is 13.3. The van der Waals surface area contributed by atoms with Crippen LogP contribution in [0, 0.1) is 41.5 Å². The third-order valence-electron chi connectivity index (χ3n) is 7.55. The van der Waals surface area contributed by atoms with Crippen molar-refractivity contribution in [3.8, 4) is 22.3 Å². The summed E-state index contributed by atoms with van der Waals surface area (Å²) in [7, 11) is 0. The van der Waals surface area contributed by atoms with E-state index in [1.807, 2.05) is 0 Å². The maximum atomic E-state index is 3.53. The number of nitrogens with one attached hydrogen (secondary N) is 2. The molecule has 2 heteroatoms. The Hall–Kier alpha value is -4.30. The first kappa shape index (κ1) is 25.4. The van der Waals surface area contributed by atoms with Crippen LogP contribution in [-0.2, 0) is 0 Å². The minimum Gasteiger partial charge on any atom is -0.356 e. The van der Waals surface area contributed by atoms with Gasteiger partial charge in [0.1, 0.15) is 0 Å². The van der Waals surface area contributed by atoms with Gasteiger partial charge < -0.3 is 10.6 Å². The van der Waals surface area contributed by atoms with Crippen molar-refractivity contribution in [2.75, 3.05) is 10.6 Å². The van der Waals surface area contributed by atoms with Gasteiger partial charge in [-0.3, -0.25) is 0 Å². The fourth-order valence-electron chi connectivity index (χ4n) is 4.88. The van der Waals surface area contributed by atoms with Crippen LogP contribution in [0.5, 0.6) is 0 Å². The van der Waals surface area contributed by atoms with Crippen LogP contribution in [0.25, 0.3) is 22.3 Å². The molecular formula is C36H36N2. The Balaban J connectivity index is 1.33. The molecule has 0 saturated carbocycles. The van der Waals surface area contributed by atoms with Gasteiger partial charge >= 0.3 is 0 Å². The average Bonchev–Trinajstić information content (AvgIpc) is 2.91. The summed E-state index contributed by atoms with van der Waals surface area (Å²) in [5.41, 5.74) is 17.2. The van der Waals surface area contributed by atoms with Crippen LogP contribution >= 0.6 is 0 Å². The van der Waals surface area contributed by atoms with Gasteiger partial charge in [0.05, 0.1) is 0 Å². The maximum Gasteiger partial charge on any atom is 0.0387 e. The summed E-state index contributed by atoms with van der Waals surface area (Å²) in [4.78, 5) is 0. The van der Waals surface area contributed by atoms with Crippen molar-refractivity contribution in [2.45, 2.75) is 41.5 Å². The quantitative estimate of drug-likeness (QED) is 0.244. The first-order chi connectivity index (χ1) is 18.3. The lowest BCUT2D eigenvalue weighted by Gasteiger charge is -2.15. The SMILES string of the molecule is Cc1ccc(Nc2ccc(-c3cc(C)c(-c4ccc(Nc5ccc(C)c(C)c5)cc4)cc3C)cc2)cc1C. The second-order valence-corrected chi connectivity index (χ2v) is 10.5. The first-order valence-electron chi connectivity index (χ1n) is 13.3. The van der Waals surface area contributed by atoms with Crippen molar-refractivity contribution < 1.29 is 0 Å². The minimum absolute atomic E-state index is 1.09. The van der Waals surface area contributed by atoms with Gasteiger partial charge in [-0.1, -0.05) is 48.5 Å². The van der Waals surface area contributed by atoms with Crippen molar-refractivity contribution in [2.24, 2.45) is 0 Å². The van der Waals surface area contributed by atoms with Crippen LogP contribution in [0.15, 0.2) is 97.1 Å². The normalized spacial score (nSPS) is 10.9. The number of aryl methyl sites for hydroxylation is 6. The summed E-state index contributed by atoms with van der Waals surface area (Å²) in [6.45, 7) is 13.0. The van der Waals surface area contributed by atoms with E-state index >= 15 is 0 Å². The highest BCUT2D eigenvalue weighted by Gasteiger charge is 2.09. The van der Waals surface area contributed by atoms with Gasteiger partial charge in [-0.15, -0.1) is 0 Å². The summed E-state index contributed by atoms with van der Waals surface area (Å²) in [5.74, 6) is 0. The second kappa shape index (κ2) is 10.6. The standard InChI is InChI=1S/C36H36N2/c1-23-7-13-33(19-25(23)3)37-31-15-9-29(10-16-31)35-21-28(6)36(22-27(35)5)30-11-17-32(18-12-30)38-34-14-8-24(2)26(4)20-34/h7-22,37-38H,1-6H3. The van der Waals surface area contributed by atoms with Gasteiger partial charge in [-0.2, -0.15) is 0 Å². The highest BCUT2D eigenvalue weighted by molar-refractivity contribution is 5.78. The predicted molar refractivity (Wildman–Crippen MR) is 165 cm³/mol. The maximum absolute atomic E-state index is 3.53. The number of rotatable bonds is 6. The molecule has 0 amide bonds. The van der Waals surface area contributed by atoms with E-state index in [0.29, 0.717) is 0 Å². The molecule has 190 valence electrons. The average molecular weight is 497 g/mol. The molecule has 0 aliphatic heterocycles. The molecule has 0 radical (unpaired) electrons. The number of hydrogen-bond acceptors (Lipinski definition) is 2. The number of benzene rings is 5. The molecule has 5 rings (SSSR count).